The van der Waals surface area contributed by atoms with Gasteiger partial charge in [-0.3, -0.25) is 0 Å². The lowest BCUT2D eigenvalue weighted by Gasteiger charge is -1.99. The summed E-state index contributed by atoms with van der Waals surface area (Å²) < 4.78 is 6.66. The molecular formula is C7H12N2O2S. The third-order valence-corrected chi connectivity index (χ3v) is 2.47. The maximum atomic E-state index is 4.70. The first-order valence-corrected chi connectivity index (χ1v) is 4.28. The van der Waals surface area contributed by atoms with E-state index in [9.17, 15) is 0 Å². The average molecular weight is 188 g/mol. The number of imidazole rings is 1. The van der Waals surface area contributed by atoms with Crippen LogP contribution in [-0.2, 0) is 16.3 Å². The highest BCUT2D eigenvalue weighted by atomic mass is 32.2. The van der Waals surface area contributed by atoms with E-state index in [0.717, 1.165) is 28.6 Å². The number of nitrogens with zero attached hydrogens (tertiary/aromatic N) is 2. The molecule has 0 spiro atoms. The quantitative estimate of drug-likeness (QED) is 0.410. The Labute approximate surface area is 76.0 Å². The maximum absolute atomic E-state index is 4.70. The lowest BCUT2D eigenvalue weighted by molar-refractivity contribution is -0.160. The molecule has 0 amide bonds. The maximum Gasteiger partial charge on any atom is 0.199 e. The highest BCUT2D eigenvalue weighted by molar-refractivity contribution is 7.94. The molecule has 0 N–H and O–H groups in total. The van der Waals surface area contributed by atoms with Gasteiger partial charge < -0.3 is 4.57 Å². The number of hydrogen-bond donors (Lipinski definition) is 0. The molecule has 0 aromatic carbocycles. The Morgan fingerprint density at radius 3 is 2.50 bits per heavy atom. The van der Waals surface area contributed by atoms with Crippen LogP contribution in [0.25, 0.3) is 0 Å². The molecule has 12 heavy (non-hydrogen) atoms. The molecule has 0 saturated carbocycles. The van der Waals surface area contributed by atoms with Crippen LogP contribution in [0.2, 0.25) is 0 Å². The normalized spacial score (nSPS) is 10.7. The first-order valence-electron chi connectivity index (χ1n) is 3.54. The Hall–Kier alpha value is -0.520. The van der Waals surface area contributed by atoms with E-state index in [0.29, 0.717) is 0 Å². The van der Waals surface area contributed by atoms with Gasteiger partial charge in [0, 0.05) is 12.7 Å². The second kappa shape index (κ2) is 3.93. The van der Waals surface area contributed by atoms with E-state index in [-0.39, 0.29) is 0 Å². The van der Waals surface area contributed by atoms with Crippen LogP contribution in [0.1, 0.15) is 11.4 Å². The van der Waals surface area contributed by atoms with E-state index in [1.165, 1.54) is 7.11 Å². The highest BCUT2D eigenvalue weighted by Crippen LogP contribution is 2.19. The SMILES string of the molecule is COOSc1nc(C)c(C)n1C. The number of aromatic nitrogens is 2. The van der Waals surface area contributed by atoms with Gasteiger partial charge in [0.1, 0.15) is 12.0 Å². The molecule has 0 atom stereocenters. The van der Waals surface area contributed by atoms with Crippen molar-refractivity contribution in [2.75, 3.05) is 7.11 Å². The third-order valence-electron chi connectivity index (χ3n) is 1.75. The predicted molar refractivity (Wildman–Crippen MR) is 46.6 cm³/mol. The molecule has 5 heteroatoms. The van der Waals surface area contributed by atoms with Crippen LogP contribution < -0.4 is 0 Å². The predicted octanol–water partition coefficient (Wildman–Crippen LogP) is 1.62. The van der Waals surface area contributed by atoms with Crippen LogP contribution >= 0.6 is 12.0 Å². The molecule has 0 fully saturated rings. The Balaban J connectivity index is 2.79. The summed E-state index contributed by atoms with van der Waals surface area (Å²) in [6, 6.07) is 0. The molecule has 0 saturated heterocycles. The standard InChI is InChI=1S/C7H12N2O2S/c1-5-6(2)9(3)7(8-5)12-11-10-4/h1-4H3. The van der Waals surface area contributed by atoms with Gasteiger partial charge in [-0.25, -0.2) is 9.87 Å². The smallest absolute Gasteiger partial charge is 0.199 e. The van der Waals surface area contributed by atoms with Gasteiger partial charge in [0.15, 0.2) is 5.16 Å². The van der Waals surface area contributed by atoms with E-state index >= 15 is 0 Å². The fraction of sp³-hybridized carbons (Fsp3) is 0.571. The van der Waals surface area contributed by atoms with Crippen LogP contribution in [-0.4, -0.2) is 16.7 Å². The van der Waals surface area contributed by atoms with Gasteiger partial charge >= 0.3 is 0 Å². The molecule has 4 nitrogen and oxygen atoms in total. The first kappa shape index (κ1) is 9.57. The molecule has 0 bridgehead atoms. The van der Waals surface area contributed by atoms with Gasteiger partial charge in [-0.05, 0) is 13.8 Å². The largest absolute Gasteiger partial charge is 0.324 e. The molecule has 0 aliphatic heterocycles. The van der Waals surface area contributed by atoms with Crippen LogP contribution in [0.3, 0.4) is 0 Å². The Bertz CT molecular complexity index is 273. The Morgan fingerprint density at radius 2 is 2.08 bits per heavy atom. The highest BCUT2D eigenvalue weighted by Gasteiger charge is 2.08. The molecule has 1 aromatic heterocycles. The minimum absolute atomic E-state index is 0.798. The minimum Gasteiger partial charge on any atom is -0.324 e. The number of aryl methyl sites for hydroxylation is 1. The van der Waals surface area contributed by atoms with E-state index in [4.69, 9.17) is 4.33 Å². The fourth-order valence-corrected chi connectivity index (χ4v) is 1.38. The molecule has 0 aliphatic rings. The van der Waals surface area contributed by atoms with Gasteiger partial charge in [0.25, 0.3) is 0 Å². The van der Waals surface area contributed by atoms with Gasteiger partial charge in [0.05, 0.1) is 12.8 Å². The fourth-order valence-electron chi connectivity index (χ4n) is 0.825. The zero-order valence-electron chi connectivity index (χ0n) is 7.62. The summed E-state index contributed by atoms with van der Waals surface area (Å²) in [5.41, 5.74) is 2.15. The second-order valence-corrected chi connectivity index (χ2v) is 3.11. The molecule has 0 radical (unpaired) electrons. The summed E-state index contributed by atoms with van der Waals surface area (Å²) in [5.74, 6) is 0. The van der Waals surface area contributed by atoms with Crippen molar-refractivity contribution in [1.82, 2.24) is 9.55 Å². The van der Waals surface area contributed by atoms with Gasteiger partial charge in [0.2, 0.25) is 0 Å². The van der Waals surface area contributed by atoms with Gasteiger partial charge in [-0.1, -0.05) is 0 Å². The number of rotatable bonds is 3. The van der Waals surface area contributed by atoms with E-state index in [1.54, 1.807) is 0 Å². The zero-order chi connectivity index (χ0) is 9.14. The van der Waals surface area contributed by atoms with Crippen molar-refractivity contribution in [2.24, 2.45) is 7.05 Å². The lowest BCUT2D eigenvalue weighted by atomic mass is 10.4. The summed E-state index contributed by atoms with van der Waals surface area (Å²) >= 11 is 1.11. The van der Waals surface area contributed by atoms with Crippen LogP contribution in [0, 0.1) is 13.8 Å². The van der Waals surface area contributed by atoms with Crippen molar-refractivity contribution in [1.29, 1.82) is 0 Å². The van der Waals surface area contributed by atoms with E-state index in [1.807, 2.05) is 25.5 Å². The van der Waals surface area contributed by atoms with Crippen molar-refractivity contribution < 1.29 is 9.22 Å². The molecule has 1 heterocycles. The zero-order valence-corrected chi connectivity index (χ0v) is 8.44. The molecule has 0 aliphatic carbocycles. The van der Waals surface area contributed by atoms with Crippen molar-refractivity contribution >= 4 is 12.0 Å². The first-order chi connectivity index (χ1) is 5.66. The Kier molecular flexibility index (Phi) is 3.13. The third kappa shape index (κ3) is 1.80. The van der Waals surface area contributed by atoms with Crippen molar-refractivity contribution in [3.63, 3.8) is 0 Å². The van der Waals surface area contributed by atoms with Crippen molar-refractivity contribution in [3.05, 3.63) is 11.4 Å². The summed E-state index contributed by atoms with van der Waals surface area (Å²) in [6.45, 7) is 3.98. The van der Waals surface area contributed by atoms with Crippen LogP contribution in [0.5, 0.6) is 0 Å². The van der Waals surface area contributed by atoms with Crippen molar-refractivity contribution in [3.8, 4) is 0 Å². The van der Waals surface area contributed by atoms with Crippen LogP contribution in [0.15, 0.2) is 5.16 Å². The molecular weight excluding hydrogens is 176 g/mol. The molecule has 1 rings (SSSR count). The summed E-state index contributed by atoms with van der Waals surface area (Å²) in [6.07, 6.45) is 0. The van der Waals surface area contributed by atoms with Gasteiger partial charge in [-0.15, -0.1) is 0 Å². The van der Waals surface area contributed by atoms with Crippen molar-refractivity contribution in [2.45, 2.75) is 19.0 Å². The summed E-state index contributed by atoms with van der Waals surface area (Å²) in [7, 11) is 3.41. The second-order valence-electron chi connectivity index (χ2n) is 2.44. The molecule has 0 unspecified atom stereocenters. The van der Waals surface area contributed by atoms with Gasteiger partial charge in [-0.2, -0.15) is 4.33 Å². The Morgan fingerprint density at radius 1 is 1.42 bits per heavy atom. The minimum atomic E-state index is 0.798. The summed E-state index contributed by atoms with van der Waals surface area (Å²) in [4.78, 5) is 8.73. The lowest BCUT2D eigenvalue weighted by Crippen LogP contribution is -1.93. The van der Waals surface area contributed by atoms with Crippen LogP contribution in [0.4, 0.5) is 0 Å². The molecule has 68 valence electrons. The molecule has 1 aromatic rings. The monoisotopic (exact) mass is 188 g/mol. The number of hydrogen-bond acceptors (Lipinski definition) is 4. The summed E-state index contributed by atoms with van der Waals surface area (Å²) in [5, 5.41) is 0.798. The van der Waals surface area contributed by atoms with E-state index < -0.39 is 0 Å². The van der Waals surface area contributed by atoms with E-state index in [2.05, 4.69) is 9.87 Å². The topological polar surface area (TPSA) is 36.3 Å². The average Bonchev–Trinajstić information content (AvgIpc) is 2.30.